The maximum absolute atomic E-state index is 13.2. The summed E-state index contributed by atoms with van der Waals surface area (Å²) in [6.07, 6.45) is -2.74. The Hall–Kier alpha value is -3.31. The minimum atomic E-state index is -1.72. The summed E-state index contributed by atoms with van der Waals surface area (Å²) in [6.45, 7) is 9.98. The molecule has 10 nitrogen and oxygen atoms in total. The van der Waals surface area contributed by atoms with Crippen LogP contribution in [0.4, 0.5) is 10.5 Å². The molecule has 0 bridgehead atoms. The minimum Gasteiger partial charge on any atom is -0.458 e. The number of nitro benzene ring substituents is 1. The number of nitrogens with zero attached hydrogens (tertiary/aromatic N) is 1. The second kappa shape index (κ2) is 12.1. The van der Waals surface area contributed by atoms with Crippen LogP contribution in [0.15, 0.2) is 54.6 Å². The van der Waals surface area contributed by atoms with Gasteiger partial charge in [-0.2, -0.15) is 0 Å². The zero-order chi connectivity index (χ0) is 27.1. The van der Waals surface area contributed by atoms with Gasteiger partial charge in [0.05, 0.1) is 26.7 Å². The van der Waals surface area contributed by atoms with Crippen molar-refractivity contribution in [1.29, 1.82) is 0 Å². The summed E-state index contributed by atoms with van der Waals surface area (Å²) in [7, 11) is -1.72. The van der Waals surface area contributed by atoms with Gasteiger partial charge in [0.15, 0.2) is 0 Å². The van der Waals surface area contributed by atoms with E-state index >= 15 is 0 Å². The highest BCUT2D eigenvalue weighted by atomic mass is 32.2. The fourth-order valence-corrected chi connectivity index (χ4v) is 3.68. The van der Waals surface area contributed by atoms with Crippen LogP contribution in [0.25, 0.3) is 0 Å². The second-order valence-electron chi connectivity index (χ2n) is 9.92. The first kappa shape index (κ1) is 28.9. The van der Waals surface area contributed by atoms with E-state index in [0.29, 0.717) is 11.1 Å². The average molecular weight is 521 g/mol. The minimum absolute atomic E-state index is 0.0941. The van der Waals surface area contributed by atoms with Crippen LogP contribution in [0.2, 0.25) is 0 Å². The quantitative estimate of drug-likeness (QED) is 0.284. The Kier molecular flexibility index (Phi) is 9.71. The number of carbonyl (C=O) groups excluding carboxylic acids is 2. The molecule has 0 spiro atoms. The van der Waals surface area contributed by atoms with Gasteiger partial charge in [0.2, 0.25) is 6.10 Å². The highest BCUT2D eigenvalue weighted by Gasteiger charge is 2.39. The van der Waals surface area contributed by atoms with Crippen molar-refractivity contribution in [2.24, 2.45) is 0 Å². The van der Waals surface area contributed by atoms with Crippen LogP contribution in [-0.4, -0.2) is 37.7 Å². The molecule has 0 aromatic heterocycles. The van der Waals surface area contributed by atoms with Crippen molar-refractivity contribution in [2.75, 3.05) is 0 Å². The average Bonchev–Trinajstić information content (AvgIpc) is 2.78. The Morgan fingerprint density at radius 1 is 1.00 bits per heavy atom. The molecule has 196 valence electrons. The molecule has 0 aliphatic heterocycles. The van der Waals surface area contributed by atoms with Crippen molar-refractivity contribution < 1.29 is 32.9 Å². The third kappa shape index (κ3) is 9.04. The molecule has 1 N–H and O–H groups in total. The number of carbonyl (C=O) groups is 2. The van der Waals surface area contributed by atoms with Crippen LogP contribution in [0.5, 0.6) is 0 Å². The molecule has 0 radical (unpaired) electrons. The van der Waals surface area contributed by atoms with Crippen LogP contribution >= 0.6 is 0 Å². The van der Waals surface area contributed by atoms with E-state index < -0.39 is 50.5 Å². The fraction of sp³-hybridized carbons (Fsp3) is 0.440. The van der Waals surface area contributed by atoms with Gasteiger partial charge >= 0.3 is 12.1 Å². The number of hydrogen-bond acceptors (Lipinski definition) is 8. The van der Waals surface area contributed by atoms with Crippen LogP contribution < -0.4 is 4.72 Å². The molecule has 0 heterocycles. The Morgan fingerprint density at radius 2 is 1.58 bits per heavy atom. The summed E-state index contributed by atoms with van der Waals surface area (Å²) >= 11 is 0. The van der Waals surface area contributed by atoms with Gasteiger partial charge < -0.3 is 14.2 Å². The number of ether oxygens (including phenoxy) is 3. The Morgan fingerprint density at radius 3 is 2.08 bits per heavy atom. The molecule has 2 rings (SSSR count). The first-order valence-electron chi connectivity index (χ1n) is 11.2. The van der Waals surface area contributed by atoms with Crippen LogP contribution in [0, 0.1) is 10.1 Å². The standard InChI is InChI=1S/C25H32N2O8S/c1-24(2,3)35-23(29)34-21(22(28)33-16-17-10-8-7-9-11-17)20(26-36(32)25(4,5)6)18-12-14-19(15-13-18)27(30)31/h7-15,20-21,26H,16H2,1-6H3/t20-,21+,36+/m0/s1. The van der Waals surface area contributed by atoms with Gasteiger partial charge in [-0.1, -0.05) is 42.5 Å². The molecule has 2 aromatic carbocycles. The zero-order valence-corrected chi connectivity index (χ0v) is 22.0. The first-order valence-corrected chi connectivity index (χ1v) is 12.3. The summed E-state index contributed by atoms with van der Waals surface area (Å²) < 4.78 is 31.2. The summed E-state index contributed by atoms with van der Waals surface area (Å²) in [5, 5.41) is 11.1. The number of nitro groups is 1. The van der Waals surface area contributed by atoms with E-state index in [1.165, 1.54) is 24.3 Å². The van der Waals surface area contributed by atoms with Gasteiger partial charge in [-0.05, 0) is 52.7 Å². The number of esters is 1. The third-order valence-electron chi connectivity index (χ3n) is 4.62. The van der Waals surface area contributed by atoms with Gasteiger partial charge in [-0.25, -0.2) is 18.5 Å². The lowest BCUT2D eigenvalue weighted by atomic mass is 10.0. The predicted octanol–water partition coefficient (Wildman–Crippen LogP) is 4.75. The number of nitrogens with one attached hydrogen (secondary N) is 1. The normalized spacial score (nSPS) is 14.3. The Labute approximate surface area is 213 Å². The molecule has 3 atom stereocenters. The van der Waals surface area contributed by atoms with Gasteiger partial charge in [0.1, 0.15) is 12.2 Å². The van der Waals surface area contributed by atoms with Crippen molar-refractivity contribution in [3.05, 3.63) is 75.8 Å². The lowest BCUT2D eigenvalue weighted by Gasteiger charge is -2.30. The molecule has 0 amide bonds. The molecule has 36 heavy (non-hydrogen) atoms. The molecule has 0 unspecified atom stereocenters. The predicted molar refractivity (Wildman–Crippen MR) is 134 cm³/mol. The van der Waals surface area contributed by atoms with Crippen molar-refractivity contribution in [3.8, 4) is 0 Å². The second-order valence-corrected chi connectivity index (χ2v) is 11.9. The highest BCUT2D eigenvalue weighted by Crippen LogP contribution is 2.27. The molecule has 0 aliphatic carbocycles. The maximum atomic E-state index is 13.2. The fourth-order valence-electron chi connectivity index (χ4n) is 2.84. The molecule has 0 saturated carbocycles. The number of rotatable bonds is 9. The van der Waals surface area contributed by atoms with E-state index in [4.69, 9.17) is 14.2 Å². The highest BCUT2D eigenvalue weighted by molar-refractivity contribution is 7.84. The van der Waals surface area contributed by atoms with Gasteiger partial charge in [-0.15, -0.1) is 0 Å². The van der Waals surface area contributed by atoms with Crippen molar-refractivity contribution in [2.45, 2.75) is 70.6 Å². The van der Waals surface area contributed by atoms with Crippen LogP contribution in [0.1, 0.15) is 58.7 Å². The summed E-state index contributed by atoms with van der Waals surface area (Å²) in [5.74, 6) is -0.911. The largest absolute Gasteiger partial charge is 0.509 e. The summed E-state index contributed by atoms with van der Waals surface area (Å²) in [6, 6.07) is 13.0. The van der Waals surface area contributed by atoms with E-state index in [-0.39, 0.29) is 12.3 Å². The maximum Gasteiger partial charge on any atom is 0.509 e. The number of non-ortho nitro benzene ring substituents is 1. The van der Waals surface area contributed by atoms with E-state index in [2.05, 4.69) is 4.72 Å². The van der Waals surface area contributed by atoms with E-state index in [1.807, 2.05) is 6.07 Å². The number of benzene rings is 2. The topological polar surface area (TPSA) is 134 Å². The Balaban J connectivity index is 2.45. The van der Waals surface area contributed by atoms with Crippen molar-refractivity contribution >= 4 is 28.8 Å². The molecule has 0 fully saturated rings. The monoisotopic (exact) mass is 520 g/mol. The smallest absolute Gasteiger partial charge is 0.458 e. The third-order valence-corrected chi connectivity index (χ3v) is 6.21. The molecule has 2 aromatic rings. The lowest BCUT2D eigenvalue weighted by Crippen LogP contribution is -2.46. The molecule has 11 heteroatoms. The van der Waals surface area contributed by atoms with E-state index in [9.17, 15) is 23.9 Å². The molecular formula is C25H32N2O8S. The summed E-state index contributed by atoms with van der Waals surface area (Å²) in [5.41, 5.74) is -0.0470. The molecule has 0 aliphatic rings. The molecule has 0 saturated heterocycles. The lowest BCUT2D eigenvalue weighted by molar-refractivity contribution is -0.384. The van der Waals surface area contributed by atoms with Crippen molar-refractivity contribution in [1.82, 2.24) is 4.72 Å². The SMILES string of the molecule is CC(C)(C)OC(=O)O[C@@H](C(=O)OCc1ccccc1)[C@@H](N[S@](=O)C(C)(C)C)c1ccc([N+](=O)[O-])cc1. The zero-order valence-electron chi connectivity index (χ0n) is 21.2. The van der Waals surface area contributed by atoms with Gasteiger partial charge in [0.25, 0.3) is 5.69 Å². The summed E-state index contributed by atoms with van der Waals surface area (Å²) in [4.78, 5) is 36.3. The van der Waals surface area contributed by atoms with E-state index in [1.54, 1.807) is 65.8 Å². The van der Waals surface area contributed by atoms with E-state index in [0.717, 1.165) is 0 Å². The van der Waals surface area contributed by atoms with Crippen molar-refractivity contribution in [3.63, 3.8) is 0 Å². The van der Waals surface area contributed by atoms with Crippen LogP contribution in [0.3, 0.4) is 0 Å². The Bertz CT molecular complexity index is 1080. The molecular weight excluding hydrogens is 488 g/mol. The first-order chi connectivity index (χ1) is 16.7. The van der Waals surface area contributed by atoms with Gasteiger partial charge in [-0.3, -0.25) is 10.1 Å². The van der Waals surface area contributed by atoms with Gasteiger partial charge in [0, 0.05) is 12.1 Å². The number of hydrogen-bond donors (Lipinski definition) is 1. The van der Waals surface area contributed by atoms with Crippen LogP contribution in [-0.2, 0) is 36.6 Å².